The van der Waals surface area contributed by atoms with E-state index in [1.54, 1.807) is 0 Å². The first-order chi connectivity index (χ1) is 9.26. The van der Waals surface area contributed by atoms with Crippen molar-refractivity contribution in [3.63, 3.8) is 0 Å². The molecule has 19 heavy (non-hydrogen) atoms. The predicted octanol–water partition coefficient (Wildman–Crippen LogP) is 1.70. The van der Waals surface area contributed by atoms with Gasteiger partial charge in [0, 0.05) is 19.2 Å². The first kappa shape index (κ1) is 14.8. The number of hydrogen-bond donors (Lipinski definition) is 2. The van der Waals surface area contributed by atoms with Crippen molar-refractivity contribution in [1.29, 1.82) is 0 Å². The van der Waals surface area contributed by atoms with Crippen molar-refractivity contribution >= 4 is 5.91 Å². The lowest BCUT2D eigenvalue weighted by Gasteiger charge is -2.32. The minimum Gasteiger partial charge on any atom is -0.377 e. The molecule has 1 amide bonds. The van der Waals surface area contributed by atoms with Crippen molar-refractivity contribution in [3.05, 3.63) is 0 Å². The van der Waals surface area contributed by atoms with Crippen LogP contribution in [0.2, 0.25) is 0 Å². The van der Waals surface area contributed by atoms with Gasteiger partial charge in [-0.15, -0.1) is 0 Å². The topological polar surface area (TPSA) is 50.4 Å². The Hall–Kier alpha value is -0.610. The van der Waals surface area contributed by atoms with E-state index >= 15 is 0 Å². The van der Waals surface area contributed by atoms with E-state index in [1.165, 1.54) is 19.3 Å². The largest absolute Gasteiger partial charge is 0.377 e. The smallest absolute Gasteiger partial charge is 0.225 e. The van der Waals surface area contributed by atoms with Crippen LogP contribution >= 0.6 is 0 Å². The number of hydrogen-bond acceptors (Lipinski definition) is 3. The summed E-state index contributed by atoms with van der Waals surface area (Å²) in [6.45, 7) is 6.91. The van der Waals surface area contributed by atoms with Crippen LogP contribution in [-0.4, -0.2) is 37.7 Å². The summed E-state index contributed by atoms with van der Waals surface area (Å²) in [7, 11) is 0. The standard InChI is InChI=1S/C15H28N2O2/c1-3-11-6-5-8-16-13(11)10-17-15(18)12-7-9-19-14(12)4-2/h11-14,16H,3-10H2,1-2H3,(H,17,18). The second-order valence-electron chi connectivity index (χ2n) is 5.83. The second kappa shape index (κ2) is 7.25. The Kier molecular flexibility index (Phi) is 5.64. The van der Waals surface area contributed by atoms with Gasteiger partial charge < -0.3 is 15.4 Å². The maximum atomic E-state index is 12.2. The van der Waals surface area contributed by atoms with Crippen LogP contribution in [0, 0.1) is 11.8 Å². The Bertz CT molecular complexity index is 296. The number of carbonyl (C=O) groups excluding carboxylic acids is 1. The number of ether oxygens (including phenoxy) is 1. The van der Waals surface area contributed by atoms with Gasteiger partial charge in [0.1, 0.15) is 0 Å². The molecular weight excluding hydrogens is 240 g/mol. The van der Waals surface area contributed by atoms with Gasteiger partial charge >= 0.3 is 0 Å². The van der Waals surface area contributed by atoms with Gasteiger partial charge in [-0.1, -0.05) is 20.3 Å². The van der Waals surface area contributed by atoms with E-state index in [4.69, 9.17) is 4.74 Å². The van der Waals surface area contributed by atoms with Gasteiger partial charge in [0.25, 0.3) is 0 Å². The van der Waals surface area contributed by atoms with Gasteiger partial charge in [0.2, 0.25) is 5.91 Å². The molecule has 4 atom stereocenters. The van der Waals surface area contributed by atoms with Gasteiger partial charge in [-0.3, -0.25) is 4.79 Å². The summed E-state index contributed by atoms with van der Waals surface area (Å²) < 4.78 is 5.59. The average molecular weight is 268 g/mol. The highest BCUT2D eigenvalue weighted by atomic mass is 16.5. The molecule has 2 aliphatic heterocycles. The zero-order valence-electron chi connectivity index (χ0n) is 12.3. The minimum absolute atomic E-state index is 0.0636. The molecule has 2 heterocycles. The fraction of sp³-hybridized carbons (Fsp3) is 0.933. The first-order valence-electron chi connectivity index (χ1n) is 7.89. The summed E-state index contributed by atoms with van der Waals surface area (Å²) in [4.78, 5) is 12.2. The van der Waals surface area contributed by atoms with Crippen LogP contribution in [0.5, 0.6) is 0 Å². The molecule has 0 aromatic heterocycles. The Labute approximate surface area is 116 Å². The fourth-order valence-electron chi connectivity index (χ4n) is 3.44. The number of nitrogens with one attached hydrogen (secondary N) is 2. The Balaban J connectivity index is 1.79. The highest BCUT2D eigenvalue weighted by Crippen LogP contribution is 2.24. The Morgan fingerprint density at radius 3 is 2.89 bits per heavy atom. The third-order valence-electron chi connectivity index (χ3n) is 4.70. The molecule has 0 saturated carbocycles. The number of amides is 1. The van der Waals surface area contributed by atoms with E-state index in [9.17, 15) is 4.79 Å². The lowest BCUT2D eigenvalue weighted by Crippen LogP contribution is -2.49. The predicted molar refractivity (Wildman–Crippen MR) is 76.0 cm³/mol. The molecule has 4 nitrogen and oxygen atoms in total. The maximum absolute atomic E-state index is 12.2. The van der Waals surface area contributed by atoms with Crippen LogP contribution in [0.25, 0.3) is 0 Å². The van der Waals surface area contributed by atoms with Crippen LogP contribution in [-0.2, 0) is 9.53 Å². The zero-order valence-corrected chi connectivity index (χ0v) is 12.3. The molecule has 0 aliphatic carbocycles. The second-order valence-corrected chi connectivity index (χ2v) is 5.83. The maximum Gasteiger partial charge on any atom is 0.225 e. The van der Waals surface area contributed by atoms with Gasteiger partial charge in [-0.2, -0.15) is 0 Å². The number of piperidine rings is 1. The third-order valence-corrected chi connectivity index (χ3v) is 4.70. The van der Waals surface area contributed by atoms with Crippen LogP contribution in [0.1, 0.15) is 46.0 Å². The highest BCUT2D eigenvalue weighted by Gasteiger charge is 2.33. The summed E-state index contributed by atoms with van der Waals surface area (Å²) in [5.74, 6) is 0.955. The van der Waals surface area contributed by atoms with Gasteiger partial charge in [-0.25, -0.2) is 0 Å². The van der Waals surface area contributed by atoms with Crippen LogP contribution < -0.4 is 10.6 Å². The van der Waals surface area contributed by atoms with Crippen LogP contribution in [0.4, 0.5) is 0 Å². The highest BCUT2D eigenvalue weighted by molar-refractivity contribution is 5.79. The molecule has 0 aromatic carbocycles. The van der Waals surface area contributed by atoms with Gasteiger partial charge in [-0.05, 0) is 38.1 Å². The van der Waals surface area contributed by atoms with E-state index in [0.717, 1.165) is 32.5 Å². The molecule has 110 valence electrons. The van der Waals surface area contributed by atoms with Crippen molar-refractivity contribution in [2.75, 3.05) is 19.7 Å². The molecule has 4 heteroatoms. The lowest BCUT2D eigenvalue weighted by molar-refractivity contribution is -0.126. The summed E-state index contributed by atoms with van der Waals surface area (Å²) >= 11 is 0. The molecule has 4 unspecified atom stereocenters. The molecule has 2 fully saturated rings. The van der Waals surface area contributed by atoms with E-state index < -0.39 is 0 Å². The monoisotopic (exact) mass is 268 g/mol. The van der Waals surface area contributed by atoms with Crippen molar-refractivity contribution in [1.82, 2.24) is 10.6 Å². The van der Waals surface area contributed by atoms with E-state index in [2.05, 4.69) is 24.5 Å². The molecule has 2 rings (SSSR count). The Morgan fingerprint density at radius 2 is 2.16 bits per heavy atom. The zero-order chi connectivity index (χ0) is 13.7. The SMILES string of the molecule is CCC1CCCNC1CNC(=O)C1CCOC1CC. The average Bonchev–Trinajstić information content (AvgIpc) is 2.93. The molecule has 2 N–H and O–H groups in total. The summed E-state index contributed by atoms with van der Waals surface area (Å²) in [6.07, 6.45) is 5.67. The van der Waals surface area contributed by atoms with Gasteiger partial charge in [0.15, 0.2) is 0 Å². The van der Waals surface area contributed by atoms with Crippen molar-refractivity contribution < 1.29 is 9.53 Å². The van der Waals surface area contributed by atoms with Crippen molar-refractivity contribution in [2.45, 2.75) is 58.1 Å². The Morgan fingerprint density at radius 1 is 1.32 bits per heavy atom. The molecule has 2 aliphatic rings. The molecular formula is C15H28N2O2. The van der Waals surface area contributed by atoms with Crippen molar-refractivity contribution in [2.24, 2.45) is 11.8 Å². The fourth-order valence-corrected chi connectivity index (χ4v) is 3.44. The van der Waals surface area contributed by atoms with Gasteiger partial charge in [0.05, 0.1) is 12.0 Å². The normalized spacial score (nSPS) is 35.3. The lowest BCUT2D eigenvalue weighted by atomic mass is 9.88. The molecule has 0 bridgehead atoms. The quantitative estimate of drug-likeness (QED) is 0.798. The molecule has 0 aromatic rings. The summed E-state index contributed by atoms with van der Waals surface area (Å²) in [5, 5.41) is 6.69. The number of rotatable bonds is 5. The van der Waals surface area contributed by atoms with Crippen LogP contribution in [0.15, 0.2) is 0 Å². The molecule has 0 spiro atoms. The third kappa shape index (κ3) is 3.69. The summed E-state index contributed by atoms with van der Waals surface area (Å²) in [6, 6.07) is 0.449. The van der Waals surface area contributed by atoms with E-state index in [-0.39, 0.29) is 17.9 Å². The molecule has 0 radical (unpaired) electrons. The summed E-state index contributed by atoms with van der Waals surface area (Å²) in [5.41, 5.74) is 0. The molecule has 2 saturated heterocycles. The number of carbonyl (C=O) groups is 1. The van der Waals surface area contributed by atoms with Crippen molar-refractivity contribution in [3.8, 4) is 0 Å². The first-order valence-corrected chi connectivity index (χ1v) is 7.89. The van der Waals surface area contributed by atoms with E-state index in [0.29, 0.717) is 12.0 Å². The van der Waals surface area contributed by atoms with E-state index in [1.807, 2.05) is 0 Å². The van der Waals surface area contributed by atoms with Crippen LogP contribution in [0.3, 0.4) is 0 Å². The minimum atomic E-state index is 0.0636.